The minimum Gasteiger partial charge on any atom is -0.355 e. The Hall–Kier alpha value is -3.56. The van der Waals surface area contributed by atoms with Crippen LogP contribution in [0.1, 0.15) is 0 Å². The first-order valence-electron chi connectivity index (χ1n) is 9.58. The van der Waals surface area contributed by atoms with Gasteiger partial charge in [0.1, 0.15) is 0 Å². The van der Waals surface area contributed by atoms with Gasteiger partial charge in [0, 0.05) is 31.0 Å². The van der Waals surface area contributed by atoms with Gasteiger partial charge >= 0.3 is 0 Å². The van der Waals surface area contributed by atoms with E-state index in [1.807, 2.05) is 42.5 Å². The van der Waals surface area contributed by atoms with Crippen LogP contribution in [0.4, 0.5) is 11.4 Å². The Balaban J connectivity index is 1.77. The van der Waals surface area contributed by atoms with Crippen LogP contribution >= 0.6 is 0 Å². The summed E-state index contributed by atoms with van der Waals surface area (Å²) >= 11 is 0. The number of benzene rings is 3. The highest BCUT2D eigenvalue weighted by atomic mass is 32.2. The van der Waals surface area contributed by atoms with Crippen molar-refractivity contribution in [2.45, 2.75) is 4.90 Å². The van der Waals surface area contributed by atoms with Crippen LogP contribution < -0.4 is 5.32 Å². The molecule has 3 aromatic carbocycles. The molecule has 0 saturated carbocycles. The molecule has 0 bridgehead atoms. The second-order valence-corrected chi connectivity index (χ2v) is 9.32. The summed E-state index contributed by atoms with van der Waals surface area (Å²) in [4.78, 5) is 1.49. The second-order valence-electron chi connectivity index (χ2n) is 7.17. The van der Waals surface area contributed by atoms with E-state index >= 15 is 0 Å². The highest BCUT2D eigenvalue weighted by Gasteiger charge is 2.21. The van der Waals surface area contributed by atoms with Crippen LogP contribution in [0.15, 0.2) is 77.7 Å². The molecular weight excluding hydrogens is 412 g/mol. The molecule has 4 rings (SSSR count). The first-order chi connectivity index (χ1) is 14.8. The van der Waals surface area contributed by atoms with Crippen molar-refractivity contribution in [1.82, 2.24) is 24.5 Å². The van der Waals surface area contributed by atoms with E-state index in [1.54, 1.807) is 25.2 Å². The van der Waals surface area contributed by atoms with E-state index < -0.39 is 10.0 Å². The number of hydrogen-bond donors (Lipinski definition) is 1. The molecule has 0 amide bonds. The first-order valence-corrected chi connectivity index (χ1v) is 11.0. The van der Waals surface area contributed by atoms with Crippen LogP contribution in [0.25, 0.3) is 22.5 Å². The summed E-state index contributed by atoms with van der Waals surface area (Å²) in [5.74, 6) is 0.333. The summed E-state index contributed by atoms with van der Waals surface area (Å²) in [6, 6.07) is 22.9. The Morgan fingerprint density at radius 1 is 0.903 bits per heavy atom. The summed E-state index contributed by atoms with van der Waals surface area (Å²) in [5.41, 5.74) is 4.25. The number of sulfonamides is 1. The molecule has 0 aliphatic rings. The van der Waals surface area contributed by atoms with Gasteiger partial charge in [-0.05, 0) is 46.7 Å². The predicted octanol–water partition coefficient (Wildman–Crippen LogP) is 3.54. The summed E-state index contributed by atoms with van der Waals surface area (Å²) in [6.45, 7) is 0. The van der Waals surface area contributed by atoms with E-state index in [9.17, 15) is 8.42 Å². The predicted molar refractivity (Wildman–Crippen MR) is 120 cm³/mol. The summed E-state index contributed by atoms with van der Waals surface area (Å²) in [7, 11) is 1.04. The van der Waals surface area contributed by atoms with E-state index in [4.69, 9.17) is 0 Å². The fraction of sp³-hybridized carbons (Fsp3) is 0.136. The maximum absolute atomic E-state index is 12.6. The van der Waals surface area contributed by atoms with Crippen LogP contribution in [0.5, 0.6) is 0 Å². The zero-order valence-corrected chi connectivity index (χ0v) is 18.2. The zero-order valence-electron chi connectivity index (χ0n) is 17.4. The van der Waals surface area contributed by atoms with Gasteiger partial charge in [0.2, 0.25) is 15.8 Å². The lowest BCUT2D eigenvalue weighted by atomic mass is 10.0. The standard InChI is InChI=1S/C22H22N6O2S/c1-27(2)31(29,30)19-12-13-21(20(15-19)22-24-26-28(3)25-22)23-18-11-7-10-17(14-18)16-8-5-4-6-9-16/h4-15,23H,1-3H3. The lowest BCUT2D eigenvalue weighted by Crippen LogP contribution is -2.22. The molecule has 1 N–H and O–H groups in total. The minimum atomic E-state index is -3.61. The van der Waals surface area contributed by atoms with Gasteiger partial charge in [-0.15, -0.1) is 10.2 Å². The third-order valence-corrected chi connectivity index (χ3v) is 6.58. The highest BCUT2D eigenvalue weighted by Crippen LogP contribution is 2.32. The number of rotatable bonds is 6. The van der Waals surface area contributed by atoms with Gasteiger partial charge in [0.25, 0.3) is 0 Å². The van der Waals surface area contributed by atoms with E-state index in [0.717, 1.165) is 16.8 Å². The topological polar surface area (TPSA) is 93.0 Å². The van der Waals surface area contributed by atoms with E-state index in [0.29, 0.717) is 17.1 Å². The fourth-order valence-corrected chi connectivity index (χ4v) is 4.07. The van der Waals surface area contributed by atoms with Crippen LogP contribution in [0.3, 0.4) is 0 Å². The van der Waals surface area contributed by atoms with Gasteiger partial charge < -0.3 is 5.32 Å². The van der Waals surface area contributed by atoms with Gasteiger partial charge in [-0.25, -0.2) is 12.7 Å². The fourth-order valence-electron chi connectivity index (χ4n) is 3.14. The van der Waals surface area contributed by atoms with E-state index in [-0.39, 0.29) is 4.90 Å². The molecule has 1 heterocycles. The van der Waals surface area contributed by atoms with Gasteiger partial charge in [-0.1, -0.05) is 42.5 Å². The number of tetrazole rings is 1. The highest BCUT2D eigenvalue weighted by molar-refractivity contribution is 7.89. The smallest absolute Gasteiger partial charge is 0.242 e. The van der Waals surface area contributed by atoms with Gasteiger partial charge in [-0.2, -0.15) is 4.80 Å². The SMILES string of the molecule is CN(C)S(=O)(=O)c1ccc(Nc2cccc(-c3ccccc3)c2)c(-c2nnn(C)n2)c1. The van der Waals surface area contributed by atoms with Crippen molar-refractivity contribution < 1.29 is 8.42 Å². The Kier molecular flexibility index (Phi) is 5.53. The molecule has 31 heavy (non-hydrogen) atoms. The van der Waals surface area contributed by atoms with Crippen molar-refractivity contribution in [2.75, 3.05) is 19.4 Å². The molecular formula is C22H22N6O2S. The maximum atomic E-state index is 12.6. The molecule has 0 spiro atoms. The van der Waals surface area contributed by atoms with Crippen LogP contribution in [0, 0.1) is 0 Å². The van der Waals surface area contributed by atoms with Crippen molar-refractivity contribution in [3.8, 4) is 22.5 Å². The number of aromatic nitrogens is 4. The lowest BCUT2D eigenvalue weighted by Gasteiger charge is -2.15. The quantitative estimate of drug-likeness (QED) is 0.499. The summed E-state index contributed by atoms with van der Waals surface area (Å²) in [5, 5.41) is 15.6. The molecule has 0 saturated heterocycles. The van der Waals surface area contributed by atoms with Gasteiger partial charge in [-0.3, -0.25) is 0 Å². The third-order valence-electron chi connectivity index (χ3n) is 4.77. The molecule has 158 valence electrons. The monoisotopic (exact) mass is 434 g/mol. The Bertz CT molecular complexity index is 1320. The largest absolute Gasteiger partial charge is 0.355 e. The normalized spacial score (nSPS) is 11.6. The van der Waals surface area contributed by atoms with Crippen molar-refractivity contribution >= 4 is 21.4 Å². The number of nitrogens with one attached hydrogen (secondary N) is 1. The molecule has 0 unspecified atom stereocenters. The molecule has 0 fully saturated rings. The van der Waals surface area contributed by atoms with Crippen LogP contribution in [-0.2, 0) is 17.1 Å². The molecule has 4 aromatic rings. The molecule has 9 heteroatoms. The Morgan fingerprint density at radius 2 is 1.65 bits per heavy atom. The average Bonchev–Trinajstić information content (AvgIpc) is 3.20. The van der Waals surface area contributed by atoms with E-state index in [1.165, 1.54) is 23.2 Å². The van der Waals surface area contributed by atoms with Gasteiger partial charge in [0.05, 0.1) is 11.9 Å². The molecule has 0 aliphatic carbocycles. The molecule has 1 aromatic heterocycles. The van der Waals surface area contributed by atoms with Crippen LogP contribution in [0.2, 0.25) is 0 Å². The average molecular weight is 435 g/mol. The molecule has 0 radical (unpaired) electrons. The summed E-state index contributed by atoms with van der Waals surface area (Å²) in [6.07, 6.45) is 0. The number of anilines is 2. The number of nitrogens with zero attached hydrogens (tertiary/aromatic N) is 5. The lowest BCUT2D eigenvalue weighted by molar-refractivity contribution is 0.521. The second kappa shape index (κ2) is 8.29. The third kappa shape index (κ3) is 4.32. The minimum absolute atomic E-state index is 0.156. The first kappa shape index (κ1) is 20.7. The van der Waals surface area contributed by atoms with Crippen molar-refractivity contribution in [2.24, 2.45) is 7.05 Å². The van der Waals surface area contributed by atoms with Crippen LogP contribution in [-0.4, -0.2) is 47.0 Å². The number of aryl methyl sites for hydroxylation is 1. The Labute approximate surface area is 181 Å². The number of hydrogen-bond acceptors (Lipinski definition) is 6. The van der Waals surface area contributed by atoms with Crippen molar-refractivity contribution in [1.29, 1.82) is 0 Å². The van der Waals surface area contributed by atoms with E-state index in [2.05, 4.69) is 32.9 Å². The Morgan fingerprint density at radius 3 is 2.32 bits per heavy atom. The molecule has 0 aliphatic heterocycles. The van der Waals surface area contributed by atoms with Gasteiger partial charge in [0.15, 0.2) is 0 Å². The molecule has 8 nitrogen and oxygen atoms in total. The summed E-state index contributed by atoms with van der Waals surface area (Å²) < 4.78 is 26.4. The van der Waals surface area contributed by atoms with Crippen molar-refractivity contribution in [3.05, 3.63) is 72.8 Å². The van der Waals surface area contributed by atoms with Crippen molar-refractivity contribution in [3.63, 3.8) is 0 Å². The zero-order chi connectivity index (χ0) is 22.0. The maximum Gasteiger partial charge on any atom is 0.242 e. The molecule has 0 atom stereocenters.